The minimum absolute atomic E-state index is 0.0265. The quantitative estimate of drug-likeness (QED) is 0.381. The van der Waals surface area contributed by atoms with Crippen molar-refractivity contribution in [2.75, 3.05) is 13.1 Å². The van der Waals surface area contributed by atoms with Crippen LogP contribution >= 0.6 is 0 Å². The number of aliphatic carboxylic acids is 2. The van der Waals surface area contributed by atoms with Gasteiger partial charge in [-0.1, -0.05) is 12.8 Å². The van der Waals surface area contributed by atoms with E-state index in [1.54, 1.807) is 0 Å². The summed E-state index contributed by atoms with van der Waals surface area (Å²) in [5, 5.41) is 23.1. The summed E-state index contributed by atoms with van der Waals surface area (Å²) in [5.41, 5.74) is 0. The Labute approximate surface area is 146 Å². The monoisotopic (exact) mass is 357 g/mol. The van der Waals surface area contributed by atoms with Gasteiger partial charge in [-0.25, -0.2) is 4.79 Å². The van der Waals surface area contributed by atoms with Crippen molar-refractivity contribution < 1.29 is 29.4 Å². The average molecular weight is 357 g/mol. The molecular weight excluding hydrogens is 330 g/mol. The molecule has 4 N–H and O–H groups in total. The van der Waals surface area contributed by atoms with Crippen molar-refractivity contribution >= 4 is 23.9 Å². The third kappa shape index (κ3) is 8.37. The van der Waals surface area contributed by atoms with Crippen molar-refractivity contribution in [2.45, 2.75) is 64.0 Å². The van der Waals surface area contributed by atoms with E-state index in [9.17, 15) is 19.2 Å². The van der Waals surface area contributed by atoms with Gasteiger partial charge in [-0.2, -0.15) is 0 Å². The number of nitrogens with zero attached hydrogens (tertiary/aromatic N) is 1. The zero-order chi connectivity index (χ0) is 18.8. The van der Waals surface area contributed by atoms with Gasteiger partial charge in [-0.3, -0.25) is 14.4 Å². The highest BCUT2D eigenvalue weighted by Crippen LogP contribution is 2.12. The van der Waals surface area contributed by atoms with E-state index in [0.717, 1.165) is 19.3 Å². The van der Waals surface area contributed by atoms with Crippen LogP contribution < -0.4 is 10.6 Å². The molecule has 1 heterocycles. The smallest absolute Gasteiger partial charge is 0.315 e. The standard InChI is InChI=1S/C16H27N3O6/c1-11-12(18-16(25)17-11)5-3-2-4-6-13(20)19(9-7-14(21)22)10-8-15(23)24/h11-12H,2-10H2,1H3,(H,21,22)(H,23,24)(H2,17,18,25). The fourth-order valence-corrected chi connectivity index (χ4v) is 2.76. The minimum Gasteiger partial charge on any atom is -0.481 e. The van der Waals surface area contributed by atoms with Gasteiger partial charge in [0.05, 0.1) is 18.9 Å². The van der Waals surface area contributed by atoms with Crippen molar-refractivity contribution in [1.29, 1.82) is 0 Å². The molecule has 1 fully saturated rings. The number of rotatable bonds is 12. The molecule has 2 atom stereocenters. The number of amides is 3. The van der Waals surface area contributed by atoms with Crippen LogP contribution in [-0.4, -0.2) is 64.2 Å². The van der Waals surface area contributed by atoms with Crippen molar-refractivity contribution in [3.8, 4) is 0 Å². The lowest BCUT2D eigenvalue weighted by Gasteiger charge is -2.21. The van der Waals surface area contributed by atoms with E-state index >= 15 is 0 Å². The lowest BCUT2D eigenvalue weighted by molar-refractivity contribution is -0.139. The lowest BCUT2D eigenvalue weighted by atomic mass is 10.0. The molecule has 9 nitrogen and oxygen atoms in total. The highest BCUT2D eigenvalue weighted by Gasteiger charge is 2.26. The summed E-state index contributed by atoms with van der Waals surface area (Å²) in [6.45, 7) is 1.99. The Morgan fingerprint density at radius 3 is 2.04 bits per heavy atom. The van der Waals surface area contributed by atoms with Gasteiger partial charge in [0.1, 0.15) is 0 Å². The summed E-state index contributed by atoms with van der Waals surface area (Å²) in [4.78, 5) is 45.9. The van der Waals surface area contributed by atoms with Crippen LogP contribution in [-0.2, 0) is 14.4 Å². The first-order valence-corrected chi connectivity index (χ1v) is 8.58. The minimum atomic E-state index is -1.02. The summed E-state index contributed by atoms with van der Waals surface area (Å²) in [5.74, 6) is -2.25. The fourth-order valence-electron chi connectivity index (χ4n) is 2.76. The Morgan fingerprint density at radius 1 is 0.960 bits per heavy atom. The van der Waals surface area contributed by atoms with Gasteiger partial charge >= 0.3 is 18.0 Å². The highest BCUT2D eigenvalue weighted by atomic mass is 16.4. The number of carboxylic acid groups (broad SMARTS) is 2. The third-order valence-electron chi connectivity index (χ3n) is 4.23. The maximum Gasteiger partial charge on any atom is 0.315 e. The molecule has 0 aliphatic carbocycles. The molecule has 142 valence electrons. The molecule has 0 bridgehead atoms. The molecule has 0 saturated carbocycles. The van der Waals surface area contributed by atoms with Crippen LogP contribution in [0.15, 0.2) is 0 Å². The van der Waals surface area contributed by atoms with E-state index in [1.807, 2.05) is 6.92 Å². The van der Waals surface area contributed by atoms with Gasteiger partial charge < -0.3 is 25.7 Å². The second-order valence-corrected chi connectivity index (χ2v) is 6.28. The molecule has 0 aromatic rings. The van der Waals surface area contributed by atoms with Crippen LogP contribution in [0.3, 0.4) is 0 Å². The normalized spacial score (nSPS) is 19.2. The Bertz CT molecular complexity index is 478. The van der Waals surface area contributed by atoms with Crippen molar-refractivity contribution in [2.24, 2.45) is 0 Å². The zero-order valence-electron chi connectivity index (χ0n) is 14.5. The Hall–Kier alpha value is -2.32. The fraction of sp³-hybridized carbons (Fsp3) is 0.750. The zero-order valence-corrected chi connectivity index (χ0v) is 14.5. The molecule has 1 saturated heterocycles. The molecule has 2 unspecified atom stereocenters. The third-order valence-corrected chi connectivity index (χ3v) is 4.23. The predicted molar refractivity (Wildman–Crippen MR) is 89.1 cm³/mol. The van der Waals surface area contributed by atoms with Gasteiger partial charge in [0.25, 0.3) is 0 Å². The van der Waals surface area contributed by atoms with Crippen molar-refractivity contribution in [3.63, 3.8) is 0 Å². The second-order valence-electron chi connectivity index (χ2n) is 6.28. The molecular formula is C16H27N3O6. The first-order valence-electron chi connectivity index (χ1n) is 8.58. The SMILES string of the molecule is CC1NC(=O)NC1CCCCCC(=O)N(CCC(=O)O)CCC(=O)O. The topological polar surface area (TPSA) is 136 Å². The van der Waals surface area contributed by atoms with Crippen LogP contribution in [0, 0.1) is 0 Å². The number of urea groups is 1. The van der Waals surface area contributed by atoms with E-state index in [4.69, 9.17) is 10.2 Å². The van der Waals surface area contributed by atoms with Crippen LogP contribution in [0.4, 0.5) is 4.79 Å². The number of unbranched alkanes of at least 4 members (excludes halogenated alkanes) is 2. The highest BCUT2D eigenvalue weighted by molar-refractivity contribution is 5.78. The van der Waals surface area contributed by atoms with Gasteiger partial charge in [0.15, 0.2) is 0 Å². The van der Waals surface area contributed by atoms with E-state index in [0.29, 0.717) is 6.42 Å². The first-order chi connectivity index (χ1) is 11.8. The average Bonchev–Trinajstić information content (AvgIpc) is 2.84. The summed E-state index contributed by atoms with van der Waals surface area (Å²) < 4.78 is 0. The summed E-state index contributed by atoms with van der Waals surface area (Å²) in [6, 6.07) is 0.0441. The van der Waals surface area contributed by atoms with E-state index in [2.05, 4.69) is 10.6 Å². The molecule has 1 aliphatic heterocycles. The molecule has 9 heteroatoms. The number of carbonyl (C=O) groups excluding carboxylic acids is 2. The maximum absolute atomic E-state index is 12.2. The second kappa shape index (κ2) is 10.5. The number of carbonyl (C=O) groups is 4. The molecule has 0 aromatic carbocycles. The molecule has 1 aliphatic rings. The van der Waals surface area contributed by atoms with E-state index in [1.165, 1.54) is 4.90 Å². The lowest BCUT2D eigenvalue weighted by Crippen LogP contribution is -2.34. The molecule has 0 radical (unpaired) electrons. The number of hydrogen-bond donors (Lipinski definition) is 4. The van der Waals surface area contributed by atoms with Gasteiger partial charge in [0, 0.05) is 25.6 Å². The van der Waals surface area contributed by atoms with E-state index < -0.39 is 11.9 Å². The van der Waals surface area contributed by atoms with Gasteiger partial charge in [-0.05, 0) is 19.8 Å². The molecule has 0 aromatic heterocycles. The molecule has 25 heavy (non-hydrogen) atoms. The molecule has 1 rings (SSSR count). The van der Waals surface area contributed by atoms with Crippen LogP contribution in [0.5, 0.6) is 0 Å². The van der Waals surface area contributed by atoms with Crippen molar-refractivity contribution in [3.05, 3.63) is 0 Å². The summed E-state index contributed by atoms with van der Waals surface area (Å²) in [7, 11) is 0. The number of carboxylic acids is 2. The number of hydrogen-bond acceptors (Lipinski definition) is 4. The summed E-state index contributed by atoms with van der Waals surface area (Å²) >= 11 is 0. The molecule has 0 spiro atoms. The first kappa shape index (κ1) is 20.7. The largest absolute Gasteiger partial charge is 0.481 e. The van der Waals surface area contributed by atoms with E-state index in [-0.39, 0.29) is 56.4 Å². The number of nitrogens with one attached hydrogen (secondary N) is 2. The Balaban J connectivity index is 2.26. The van der Waals surface area contributed by atoms with Gasteiger partial charge in [-0.15, -0.1) is 0 Å². The summed E-state index contributed by atoms with van der Waals surface area (Å²) in [6.07, 6.45) is 3.04. The maximum atomic E-state index is 12.2. The van der Waals surface area contributed by atoms with Crippen LogP contribution in [0.25, 0.3) is 0 Å². The van der Waals surface area contributed by atoms with Gasteiger partial charge in [0.2, 0.25) is 5.91 Å². The van der Waals surface area contributed by atoms with Crippen molar-refractivity contribution in [1.82, 2.24) is 15.5 Å². The Morgan fingerprint density at radius 2 is 1.56 bits per heavy atom. The Kier molecular flexibility index (Phi) is 8.73. The predicted octanol–water partition coefficient (Wildman–Crippen LogP) is 0.785. The van der Waals surface area contributed by atoms with Crippen LogP contribution in [0.2, 0.25) is 0 Å². The van der Waals surface area contributed by atoms with Crippen LogP contribution in [0.1, 0.15) is 51.9 Å². The molecule has 3 amide bonds.